The summed E-state index contributed by atoms with van der Waals surface area (Å²) in [5.74, 6) is -0.399. The monoisotopic (exact) mass is 529 g/mol. The van der Waals surface area contributed by atoms with E-state index in [9.17, 15) is 14.7 Å². The molecule has 2 aliphatic rings. The van der Waals surface area contributed by atoms with Crippen molar-refractivity contribution in [1.82, 2.24) is 5.32 Å². The molecule has 0 bridgehead atoms. The highest BCUT2D eigenvalue weighted by Gasteiger charge is 2.39. The van der Waals surface area contributed by atoms with Gasteiger partial charge in [0.2, 0.25) is 0 Å². The predicted octanol–water partition coefficient (Wildman–Crippen LogP) is 6.54. The second kappa shape index (κ2) is 10.7. The van der Waals surface area contributed by atoms with E-state index in [0.717, 1.165) is 28.9 Å². The Morgan fingerprint density at radius 2 is 1.85 bits per heavy atom. The number of carbonyl (C=O) groups excluding carboxylic acids is 1. The number of rotatable bonds is 8. The molecule has 1 heterocycles. The van der Waals surface area contributed by atoms with Crippen LogP contribution in [0, 0.1) is 29.6 Å². The molecule has 0 saturated heterocycles. The summed E-state index contributed by atoms with van der Waals surface area (Å²) in [4.78, 5) is 25.7. The van der Waals surface area contributed by atoms with E-state index in [1.807, 2.05) is 32.9 Å². The Kier molecular flexibility index (Phi) is 7.73. The van der Waals surface area contributed by atoms with Crippen LogP contribution in [0.3, 0.4) is 0 Å². The largest absolute Gasteiger partial charge is 0.478 e. The van der Waals surface area contributed by atoms with Crippen molar-refractivity contribution >= 4 is 23.3 Å². The van der Waals surface area contributed by atoms with Crippen LogP contribution in [0.2, 0.25) is 0 Å². The highest BCUT2D eigenvalue weighted by atomic mass is 16.5. The van der Waals surface area contributed by atoms with Gasteiger partial charge in [-0.05, 0) is 67.0 Å². The average molecular weight is 530 g/mol. The van der Waals surface area contributed by atoms with Gasteiger partial charge in [-0.1, -0.05) is 39.8 Å². The normalized spacial score (nSPS) is 18.4. The van der Waals surface area contributed by atoms with Crippen LogP contribution in [-0.2, 0) is 0 Å². The smallest absolute Gasteiger partial charge is 0.336 e. The summed E-state index contributed by atoms with van der Waals surface area (Å²) < 4.78 is 6.32. The quantitative estimate of drug-likeness (QED) is 0.310. The molecule has 1 aliphatic carbocycles. The Balaban J connectivity index is 1.82. The van der Waals surface area contributed by atoms with Crippen LogP contribution in [0.5, 0.6) is 5.75 Å². The van der Waals surface area contributed by atoms with Gasteiger partial charge in [0.15, 0.2) is 0 Å². The molecule has 2 unspecified atom stereocenters. The number of carbonyl (C=O) groups is 2. The molecule has 0 radical (unpaired) electrons. The van der Waals surface area contributed by atoms with Crippen LogP contribution in [-0.4, -0.2) is 35.8 Å². The molecule has 4 N–H and O–H groups in total. The number of hydrogen-bond acceptors (Lipinski definition) is 5. The van der Waals surface area contributed by atoms with Crippen LogP contribution in [0.4, 0.5) is 5.69 Å². The first-order chi connectivity index (χ1) is 18.3. The molecule has 2 aromatic carbocycles. The highest BCUT2D eigenvalue weighted by molar-refractivity contribution is 6.07. The van der Waals surface area contributed by atoms with Crippen LogP contribution >= 0.6 is 0 Å². The molecule has 0 saturated carbocycles. The summed E-state index contributed by atoms with van der Waals surface area (Å²) in [7, 11) is 0. The number of nitrogens with one attached hydrogen (secondary N) is 3. The number of benzene rings is 2. The van der Waals surface area contributed by atoms with E-state index in [1.54, 1.807) is 18.2 Å². The Morgan fingerprint density at radius 1 is 1.13 bits per heavy atom. The van der Waals surface area contributed by atoms with Gasteiger partial charge in [-0.25, -0.2) is 4.79 Å². The minimum atomic E-state index is -1.09. The number of allylic oxidation sites excluding steroid dienone is 3. The van der Waals surface area contributed by atoms with E-state index in [-0.39, 0.29) is 28.7 Å². The van der Waals surface area contributed by atoms with Crippen molar-refractivity contribution in [3.05, 3.63) is 81.6 Å². The van der Waals surface area contributed by atoms with Crippen molar-refractivity contribution in [1.29, 1.82) is 5.41 Å². The summed E-state index contributed by atoms with van der Waals surface area (Å²) in [5.41, 5.74) is 4.95. The fraction of sp³-hybridized carbons (Fsp3) is 0.406. The minimum Gasteiger partial charge on any atom is -0.478 e. The third-order valence-electron chi connectivity index (χ3n) is 8.26. The second-order valence-electron chi connectivity index (χ2n) is 11.6. The average Bonchev–Trinajstić information content (AvgIpc) is 2.87. The van der Waals surface area contributed by atoms with Gasteiger partial charge in [0.1, 0.15) is 11.5 Å². The Morgan fingerprint density at radius 3 is 2.49 bits per heavy atom. The van der Waals surface area contributed by atoms with Crippen molar-refractivity contribution in [3.8, 4) is 5.75 Å². The molecule has 2 atom stereocenters. The zero-order chi connectivity index (χ0) is 28.6. The van der Waals surface area contributed by atoms with Crippen molar-refractivity contribution in [3.63, 3.8) is 0 Å². The Hall–Kier alpha value is -3.87. The number of aryl methyl sites for hydroxylation is 1. The van der Waals surface area contributed by atoms with Crippen molar-refractivity contribution in [2.75, 3.05) is 18.4 Å². The number of carboxylic acids is 1. The zero-order valence-electron chi connectivity index (χ0n) is 23.9. The fourth-order valence-electron chi connectivity index (χ4n) is 5.02. The lowest BCUT2D eigenvalue weighted by atomic mass is 9.73. The standard InChI is InChI=1S/C32H39N3O4/c1-8-34-26-15-28-24(12-19(26)5)29(23-11-18(4)25(33)14-27(23)39-28)21-10-9-20(13-22(21)31(37)38)30(36)35-16-32(6,7)17(2)3/h9-15,17,23,29,33-34H,8,16H2,1-7H3,(H,35,36)(H,37,38). The van der Waals surface area contributed by atoms with Gasteiger partial charge in [-0.2, -0.15) is 0 Å². The molecule has 206 valence electrons. The predicted molar refractivity (Wildman–Crippen MR) is 155 cm³/mol. The second-order valence-corrected chi connectivity index (χ2v) is 11.6. The molecule has 7 nitrogen and oxygen atoms in total. The van der Waals surface area contributed by atoms with Crippen LogP contribution in [0.15, 0.2) is 53.8 Å². The summed E-state index contributed by atoms with van der Waals surface area (Å²) in [5, 5.41) is 25.0. The fourth-order valence-corrected chi connectivity index (χ4v) is 5.02. The molecule has 0 spiro atoms. The summed E-state index contributed by atoms with van der Waals surface area (Å²) in [6.07, 6.45) is 3.71. The van der Waals surface area contributed by atoms with Gasteiger partial charge in [0.05, 0.1) is 11.3 Å². The van der Waals surface area contributed by atoms with Gasteiger partial charge < -0.3 is 25.9 Å². The van der Waals surface area contributed by atoms with Gasteiger partial charge in [-0.3, -0.25) is 4.79 Å². The first-order valence-electron chi connectivity index (χ1n) is 13.5. The molecule has 39 heavy (non-hydrogen) atoms. The number of carboxylic acid groups (broad SMARTS) is 1. The van der Waals surface area contributed by atoms with E-state index < -0.39 is 5.97 Å². The number of amides is 1. The first kappa shape index (κ1) is 28.1. The van der Waals surface area contributed by atoms with Crippen molar-refractivity contribution < 1.29 is 19.4 Å². The molecule has 1 aliphatic heterocycles. The number of aromatic carboxylic acids is 1. The molecular formula is C32H39N3O4. The lowest BCUT2D eigenvalue weighted by molar-refractivity contribution is 0.0695. The first-order valence-corrected chi connectivity index (χ1v) is 13.5. The maximum Gasteiger partial charge on any atom is 0.336 e. The van der Waals surface area contributed by atoms with E-state index >= 15 is 0 Å². The van der Waals surface area contributed by atoms with Crippen molar-refractivity contribution in [2.45, 2.75) is 54.4 Å². The van der Waals surface area contributed by atoms with E-state index in [0.29, 0.717) is 40.8 Å². The number of fused-ring (bicyclic) bond motifs is 2. The van der Waals surface area contributed by atoms with Crippen LogP contribution in [0.25, 0.3) is 0 Å². The van der Waals surface area contributed by atoms with E-state index in [2.05, 4.69) is 44.4 Å². The van der Waals surface area contributed by atoms with Gasteiger partial charge in [0.25, 0.3) is 5.91 Å². The van der Waals surface area contributed by atoms with E-state index in [4.69, 9.17) is 10.1 Å². The van der Waals surface area contributed by atoms with Crippen molar-refractivity contribution in [2.24, 2.45) is 17.3 Å². The summed E-state index contributed by atoms with van der Waals surface area (Å²) in [6.45, 7) is 15.6. The van der Waals surface area contributed by atoms with Crippen LogP contribution in [0.1, 0.15) is 84.9 Å². The van der Waals surface area contributed by atoms with Gasteiger partial charge >= 0.3 is 5.97 Å². The minimum absolute atomic E-state index is 0.0862. The lowest BCUT2D eigenvalue weighted by Gasteiger charge is -2.37. The summed E-state index contributed by atoms with van der Waals surface area (Å²) in [6, 6.07) is 8.96. The lowest BCUT2D eigenvalue weighted by Crippen LogP contribution is -2.37. The molecule has 2 aromatic rings. The third-order valence-corrected chi connectivity index (χ3v) is 8.26. The maximum atomic E-state index is 13.1. The van der Waals surface area contributed by atoms with Gasteiger partial charge in [-0.15, -0.1) is 0 Å². The number of ether oxygens (including phenoxy) is 1. The number of anilines is 1. The molecule has 1 amide bonds. The molecular weight excluding hydrogens is 490 g/mol. The van der Waals surface area contributed by atoms with Crippen LogP contribution < -0.4 is 15.4 Å². The Labute approximate surface area is 230 Å². The molecule has 4 rings (SSSR count). The topological polar surface area (TPSA) is 112 Å². The highest BCUT2D eigenvalue weighted by Crippen LogP contribution is 2.50. The molecule has 7 heteroatoms. The SMILES string of the molecule is CCNc1cc2c(cc1C)C(c1ccc(C(=O)NCC(C)(C)C(C)C)cc1C(=O)O)C1C=C(C)C(=N)C=C1O2. The number of hydrogen-bond donors (Lipinski definition) is 4. The molecule has 0 aromatic heterocycles. The summed E-state index contributed by atoms with van der Waals surface area (Å²) >= 11 is 0. The maximum absolute atomic E-state index is 13.1. The zero-order valence-corrected chi connectivity index (χ0v) is 23.9. The van der Waals surface area contributed by atoms with Gasteiger partial charge in [0, 0.05) is 53.9 Å². The third kappa shape index (κ3) is 5.49. The Bertz CT molecular complexity index is 1400. The molecule has 0 fully saturated rings. The van der Waals surface area contributed by atoms with E-state index in [1.165, 1.54) is 6.07 Å².